The predicted octanol–water partition coefficient (Wildman–Crippen LogP) is 7.86. The summed E-state index contributed by atoms with van der Waals surface area (Å²) >= 11 is 5.62. The van der Waals surface area contributed by atoms with E-state index in [0.717, 1.165) is 68.5 Å². The van der Waals surface area contributed by atoms with Gasteiger partial charge in [0.15, 0.2) is 0 Å². The quantitative estimate of drug-likeness (QED) is 0.238. The van der Waals surface area contributed by atoms with Gasteiger partial charge in [0.1, 0.15) is 0 Å². The topological polar surface area (TPSA) is 15.4 Å². The number of unbranched alkanes of at least 4 members (excludes halogenated alkanes) is 1. The molecule has 2 aromatic carbocycles. The first-order valence-corrected chi connectivity index (χ1v) is 12.6. The van der Waals surface area contributed by atoms with E-state index in [0.29, 0.717) is 0 Å². The van der Waals surface area contributed by atoms with Crippen molar-refractivity contribution in [2.24, 2.45) is 4.99 Å². The summed E-state index contributed by atoms with van der Waals surface area (Å²) in [6, 6.07) is 13.6. The third-order valence-corrected chi connectivity index (χ3v) is 6.36. The van der Waals surface area contributed by atoms with E-state index in [1.807, 2.05) is 3.66 Å². The Morgan fingerprint density at radius 2 is 1.23 bits per heavy atom. The fourth-order valence-corrected chi connectivity index (χ4v) is 4.24. The van der Waals surface area contributed by atoms with Crippen molar-refractivity contribution < 1.29 is 19.3 Å². The summed E-state index contributed by atoms with van der Waals surface area (Å²) in [4.78, 5) is 5.19. The van der Waals surface area contributed by atoms with E-state index in [1.165, 1.54) is 28.0 Å². The van der Waals surface area contributed by atoms with Crippen molar-refractivity contribution in [3.63, 3.8) is 0 Å². The number of aryl methyl sites for hydroxylation is 4. The van der Waals surface area contributed by atoms with E-state index in [9.17, 15) is 0 Å². The molecule has 0 amide bonds. The van der Waals surface area contributed by atoms with Crippen LogP contribution in [-0.2, 0) is 41.4 Å². The van der Waals surface area contributed by atoms with Gasteiger partial charge in [-0.1, -0.05) is 0 Å². The molecule has 0 aromatic heterocycles. The van der Waals surface area contributed by atoms with E-state index in [2.05, 4.69) is 77.9 Å². The molecule has 171 valence electrons. The van der Waals surface area contributed by atoms with Gasteiger partial charge in [0.05, 0.1) is 0 Å². The third-order valence-electron chi connectivity index (χ3n) is 5.84. The molecule has 0 spiro atoms. The van der Waals surface area contributed by atoms with Gasteiger partial charge in [0.2, 0.25) is 0 Å². The maximum atomic E-state index is 5.62. The van der Waals surface area contributed by atoms with E-state index in [4.69, 9.17) is 20.7 Å². The molecule has 0 unspecified atom stereocenters. The summed E-state index contributed by atoms with van der Waals surface area (Å²) in [5.41, 5.74) is 9.91. The van der Waals surface area contributed by atoms with E-state index >= 15 is 0 Å². The summed E-state index contributed by atoms with van der Waals surface area (Å²) in [6.07, 6.45) is 8.23. The van der Waals surface area contributed by atoms with Crippen LogP contribution in [0.1, 0.15) is 89.5 Å². The Kier molecular flexibility index (Phi) is 10.7. The molecule has 0 atom stereocenters. The average Bonchev–Trinajstić information content (AvgIpc) is 2.81. The molecule has 2 rings (SSSR count). The molecule has 0 bridgehead atoms. The number of benzene rings is 2. The summed E-state index contributed by atoms with van der Waals surface area (Å²) in [5.74, 6) is 0. The van der Waals surface area contributed by atoms with Crippen LogP contribution >= 0.6 is 0 Å². The van der Waals surface area contributed by atoms with Crippen LogP contribution in [0.15, 0.2) is 41.4 Å². The second-order valence-corrected chi connectivity index (χ2v) is 8.59. The van der Waals surface area contributed by atoms with Crippen molar-refractivity contribution in [3.05, 3.63) is 58.7 Å². The first-order valence-electron chi connectivity index (χ1n) is 12.1. The van der Waals surface area contributed by atoms with Gasteiger partial charge >= 0.3 is 199 Å². The van der Waals surface area contributed by atoms with E-state index < -0.39 is 0 Å². The molecule has 0 saturated heterocycles. The number of hydrogen-bond donors (Lipinski definition) is 0. The standard InChI is InChI=1S/C28H40N2.Ni/c1-7-13-14-28(30-26-19-23(10-4)16-24(11-5)20-26)27(12-6)29-25-17-21(8-2)15-22(9-3)18-25;/h15-20H,7-14H2,1-6H3;/q;+1. The van der Waals surface area contributed by atoms with Crippen LogP contribution in [0.3, 0.4) is 0 Å². The van der Waals surface area contributed by atoms with Crippen molar-refractivity contribution in [2.45, 2.75) is 92.9 Å². The molecule has 0 aliphatic heterocycles. The molecular formula is C28H40N2Ni+. The summed E-state index contributed by atoms with van der Waals surface area (Å²) in [5, 5.41) is 0. The molecule has 2 aromatic rings. The summed E-state index contributed by atoms with van der Waals surface area (Å²) in [6.45, 7) is 13.3. The second-order valence-electron chi connectivity index (χ2n) is 8.15. The van der Waals surface area contributed by atoms with Crippen LogP contribution < -0.4 is 0 Å². The van der Waals surface area contributed by atoms with Gasteiger partial charge < -0.3 is 0 Å². The molecule has 0 aliphatic rings. The predicted molar refractivity (Wildman–Crippen MR) is 132 cm³/mol. The zero-order valence-electron chi connectivity index (χ0n) is 20.3. The van der Waals surface area contributed by atoms with Crippen molar-refractivity contribution in [2.75, 3.05) is 0 Å². The van der Waals surface area contributed by atoms with Crippen LogP contribution in [0.25, 0.3) is 0 Å². The zero-order chi connectivity index (χ0) is 22.8. The molecular weight excluding hydrogens is 423 g/mol. The SMILES string of the molecule is CCCCC(=Nc1cc(CC)cc(CC)c1)C(CC)=[N+]([Ni])c1cc(CC)cc(CC)c1. The summed E-state index contributed by atoms with van der Waals surface area (Å²) in [7, 11) is 0. The fourth-order valence-electron chi connectivity index (χ4n) is 3.83. The monoisotopic (exact) mass is 462 g/mol. The Bertz CT molecular complexity index is 880. The number of hydrogen-bond acceptors (Lipinski definition) is 1. The molecule has 0 radical (unpaired) electrons. The van der Waals surface area contributed by atoms with Gasteiger partial charge in [-0.05, 0) is 0 Å². The van der Waals surface area contributed by atoms with Crippen LogP contribution in [0.2, 0.25) is 0 Å². The number of nitrogens with zero attached hydrogens (tertiary/aromatic N) is 2. The van der Waals surface area contributed by atoms with Gasteiger partial charge in [0.25, 0.3) is 0 Å². The molecule has 0 heterocycles. The van der Waals surface area contributed by atoms with Gasteiger partial charge in [-0.15, -0.1) is 0 Å². The van der Waals surface area contributed by atoms with Crippen molar-refractivity contribution in [1.82, 2.24) is 0 Å². The summed E-state index contributed by atoms with van der Waals surface area (Å²) < 4.78 is 2.01. The number of rotatable bonds is 11. The van der Waals surface area contributed by atoms with Crippen molar-refractivity contribution in [3.8, 4) is 0 Å². The Balaban J connectivity index is 2.63. The first-order chi connectivity index (χ1) is 15.0. The van der Waals surface area contributed by atoms with Crippen molar-refractivity contribution >= 4 is 22.8 Å². The Hall–Kier alpha value is -1.73. The molecule has 0 fully saturated rings. The van der Waals surface area contributed by atoms with Crippen LogP contribution in [0, 0.1) is 0 Å². The average molecular weight is 463 g/mol. The second kappa shape index (κ2) is 13.0. The molecule has 31 heavy (non-hydrogen) atoms. The van der Waals surface area contributed by atoms with Crippen LogP contribution in [-0.4, -0.2) is 15.1 Å². The Morgan fingerprint density at radius 3 is 1.65 bits per heavy atom. The first kappa shape index (κ1) is 25.5. The minimum absolute atomic E-state index is 0.883. The maximum absolute atomic E-state index is 5.62. The van der Waals surface area contributed by atoms with Crippen LogP contribution in [0.4, 0.5) is 11.4 Å². The normalized spacial score (nSPS) is 12.8. The molecule has 0 aliphatic carbocycles. The van der Waals surface area contributed by atoms with Gasteiger partial charge in [-0.2, -0.15) is 0 Å². The third kappa shape index (κ3) is 7.14. The van der Waals surface area contributed by atoms with E-state index in [-0.39, 0.29) is 0 Å². The van der Waals surface area contributed by atoms with Gasteiger partial charge in [-0.3, -0.25) is 0 Å². The molecule has 0 N–H and O–H groups in total. The van der Waals surface area contributed by atoms with E-state index in [1.54, 1.807) is 0 Å². The van der Waals surface area contributed by atoms with Gasteiger partial charge in [0, 0.05) is 0 Å². The molecule has 2 nitrogen and oxygen atoms in total. The zero-order valence-corrected chi connectivity index (χ0v) is 21.3. The minimum atomic E-state index is 0.883. The number of aliphatic imine (C=N–C) groups is 1. The molecule has 3 heteroatoms. The Morgan fingerprint density at radius 1 is 0.742 bits per heavy atom. The van der Waals surface area contributed by atoms with Crippen LogP contribution in [0.5, 0.6) is 0 Å². The van der Waals surface area contributed by atoms with Crippen molar-refractivity contribution in [1.29, 1.82) is 0 Å². The Labute approximate surface area is 198 Å². The molecule has 0 saturated carbocycles. The van der Waals surface area contributed by atoms with Gasteiger partial charge in [-0.25, -0.2) is 0 Å². The fraction of sp³-hybridized carbons (Fsp3) is 0.500.